The maximum Gasteiger partial charge on any atom is 0.330 e. The van der Waals surface area contributed by atoms with Crippen LogP contribution in [-0.4, -0.2) is 32.6 Å². The van der Waals surface area contributed by atoms with Crippen molar-refractivity contribution in [1.29, 1.82) is 0 Å². The van der Waals surface area contributed by atoms with E-state index >= 15 is 0 Å². The number of benzene rings is 2. The third-order valence-corrected chi connectivity index (χ3v) is 8.11. The normalized spacial score (nSPS) is 16.4. The van der Waals surface area contributed by atoms with E-state index in [-0.39, 0.29) is 5.97 Å². The predicted molar refractivity (Wildman–Crippen MR) is 166 cm³/mol. The molecule has 41 heavy (non-hydrogen) atoms. The van der Waals surface area contributed by atoms with Crippen molar-refractivity contribution in [3.05, 3.63) is 96.1 Å². The van der Waals surface area contributed by atoms with Crippen molar-refractivity contribution >= 4 is 12.3 Å². The van der Waals surface area contributed by atoms with Crippen LogP contribution in [-0.2, 0) is 22.4 Å². The molecule has 1 aliphatic carbocycles. The molecule has 1 aliphatic rings. The van der Waals surface area contributed by atoms with Crippen LogP contribution in [0.3, 0.4) is 0 Å². The van der Waals surface area contributed by atoms with Gasteiger partial charge in [-0.2, -0.15) is 0 Å². The number of aryl methyl sites for hydroxylation is 1. The molecule has 0 bridgehead atoms. The van der Waals surface area contributed by atoms with Crippen LogP contribution < -0.4 is 9.47 Å². The van der Waals surface area contributed by atoms with Gasteiger partial charge >= 0.3 is 5.97 Å². The van der Waals surface area contributed by atoms with Crippen LogP contribution in [0.15, 0.2) is 79.4 Å². The lowest BCUT2D eigenvalue weighted by Gasteiger charge is -2.31. The maximum absolute atomic E-state index is 11.3. The molecule has 5 heteroatoms. The molecule has 0 amide bonds. The monoisotopic (exact) mass is 558 g/mol. The molecular weight excluding hydrogens is 512 g/mol. The number of rotatable bonds is 18. The molecule has 220 valence electrons. The van der Waals surface area contributed by atoms with Crippen LogP contribution in [0, 0.1) is 11.8 Å². The van der Waals surface area contributed by atoms with E-state index in [9.17, 15) is 9.59 Å². The van der Waals surface area contributed by atoms with Crippen LogP contribution in [0.1, 0.15) is 79.3 Å². The van der Waals surface area contributed by atoms with Crippen molar-refractivity contribution in [1.82, 2.24) is 0 Å². The largest absolute Gasteiger partial charge is 0.496 e. The van der Waals surface area contributed by atoms with Crippen LogP contribution in [0.25, 0.3) is 0 Å². The summed E-state index contributed by atoms with van der Waals surface area (Å²) in [4.78, 5) is 22.3. The standard InChI is InChI=1S/C36H46O5/c1-5-36(38)41-23-9-7-6-8-22-40-34-19-12-29(13-20-34)24-28(3)32-17-15-31(16-18-32)27(2)10-11-30-14-21-35(39-4)33(25-30)26-37/h5,12-14,19-21,25-26,31-32H,1-3,6-11,15-18,22-24H2,4H3. The summed E-state index contributed by atoms with van der Waals surface area (Å²) in [7, 11) is 1.59. The summed E-state index contributed by atoms with van der Waals surface area (Å²) >= 11 is 0. The number of unbranched alkanes of at least 4 members (excludes halogenated alkanes) is 3. The van der Waals surface area contributed by atoms with Crippen LogP contribution in [0.5, 0.6) is 11.5 Å². The Morgan fingerprint density at radius 1 is 0.878 bits per heavy atom. The van der Waals surface area contributed by atoms with Crippen LogP contribution in [0.2, 0.25) is 0 Å². The highest BCUT2D eigenvalue weighted by atomic mass is 16.5. The third kappa shape index (κ3) is 10.7. The first-order valence-corrected chi connectivity index (χ1v) is 14.9. The smallest absolute Gasteiger partial charge is 0.330 e. The number of esters is 1. The van der Waals surface area contributed by atoms with Crippen molar-refractivity contribution < 1.29 is 23.8 Å². The molecule has 0 heterocycles. The Labute approximate surface area is 246 Å². The fourth-order valence-corrected chi connectivity index (χ4v) is 5.54. The summed E-state index contributed by atoms with van der Waals surface area (Å²) in [6, 6.07) is 14.2. The Morgan fingerprint density at radius 3 is 2.15 bits per heavy atom. The molecule has 1 saturated carbocycles. The molecule has 0 atom stereocenters. The molecule has 2 aromatic rings. The highest BCUT2D eigenvalue weighted by Crippen LogP contribution is 2.38. The van der Waals surface area contributed by atoms with E-state index in [1.807, 2.05) is 18.2 Å². The van der Waals surface area contributed by atoms with Crippen molar-refractivity contribution in [2.75, 3.05) is 20.3 Å². The first-order valence-electron chi connectivity index (χ1n) is 14.9. The first kappa shape index (κ1) is 31.9. The Morgan fingerprint density at radius 2 is 1.51 bits per heavy atom. The van der Waals surface area contributed by atoms with E-state index in [1.165, 1.54) is 22.8 Å². The Kier molecular flexibility index (Phi) is 13.4. The van der Waals surface area contributed by atoms with E-state index in [0.717, 1.165) is 88.2 Å². The molecule has 2 aromatic carbocycles. The molecule has 0 saturated heterocycles. The molecular formula is C36H46O5. The van der Waals surface area contributed by atoms with E-state index in [1.54, 1.807) is 7.11 Å². The van der Waals surface area contributed by atoms with Crippen molar-refractivity contribution in [2.24, 2.45) is 11.8 Å². The van der Waals surface area contributed by atoms with E-state index in [2.05, 4.69) is 44.0 Å². The van der Waals surface area contributed by atoms with Crippen LogP contribution in [0.4, 0.5) is 0 Å². The lowest BCUT2D eigenvalue weighted by molar-refractivity contribution is -0.137. The second-order valence-electron chi connectivity index (χ2n) is 11.0. The number of methoxy groups -OCH3 is 1. The molecule has 0 aliphatic heterocycles. The second kappa shape index (κ2) is 17.3. The van der Waals surface area contributed by atoms with Gasteiger partial charge in [0.05, 0.1) is 25.9 Å². The highest BCUT2D eigenvalue weighted by Gasteiger charge is 2.24. The molecule has 0 spiro atoms. The minimum Gasteiger partial charge on any atom is -0.496 e. The quantitative estimate of drug-likeness (QED) is 0.0606. The lowest BCUT2D eigenvalue weighted by atomic mass is 9.74. The van der Waals surface area contributed by atoms with Crippen LogP contribution >= 0.6 is 0 Å². The van der Waals surface area contributed by atoms with Gasteiger partial charge in [0.15, 0.2) is 6.29 Å². The number of hydrogen-bond acceptors (Lipinski definition) is 5. The average molecular weight is 559 g/mol. The summed E-state index contributed by atoms with van der Waals surface area (Å²) in [6.07, 6.45) is 13.4. The molecule has 1 fully saturated rings. The van der Waals surface area contributed by atoms with Gasteiger partial charge in [-0.05, 0) is 118 Å². The lowest BCUT2D eigenvalue weighted by Crippen LogP contribution is -2.18. The van der Waals surface area contributed by atoms with Crippen molar-refractivity contribution in [3.8, 4) is 11.5 Å². The van der Waals surface area contributed by atoms with Gasteiger partial charge in [0.2, 0.25) is 0 Å². The van der Waals surface area contributed by atoms with E-state index < -0.39 is 0 Å². The zero-order valence-electron chi connectivity index (χ0n) is 24.7. The Bertz CT molecular complexity index is 1150. The van der Waals surface area contributed by atoms with E-state index in [0.29, 0.717) is 36.4 Å². The SMILES string of the molecule is C=CC(=O)OCCCCCCOc1ccc(CC(=C)C2CCC(C(=C)CCc3ccc(OC)c(C=O)c3)CC2)cc1. The van der Waals surface area contributed by atoms with Gasteiger partial charge < -0.3 is 14.2 Å². The Hall–Kier alpha value is -3.60. The number of hydrogen-bond donors (Lipinski definition) is 0. The summed E-state index contributed by atoms with van der Waals surface area (Å²) < 4.78 is 16.1. The van der Waals surface area contributed by atoms with Gasteiger partial charge in [-0.15, -0.1) is 0 Å². The number of carbonyl (C=O) groups is 2. The molecule has 0 radical (unpaired) electrons. The number of aldehydes is 1. The fourth-order valence-electron chi connectivity index (χ4n) is 5.54. The predicted octanol–water partition coefficient (Wildman–Crippen LogP) is 8.27. The van der Waals surface area contributed by atoms with Gasteiger partial charge in [0, 0.05) is 6.08 Å². The zero-order valence-corrected chi connectivity index (χ0v) is 24.7. The van der Waals surface area contributed by atoms with Crippen molar-refractivity contribution in [3.63, 3.8) is 0 Å². The second-order valence-corrected chi connectivity index (χ2v) is 11.0. The maximum atomic E-state index is 11.3. The first-order chi connectivity index (χ1) is 19.9. The summed E-state index contributed by atoms with van der Waals surface area (Å²) in [5, 5.41) is 0. The summed E-state index contributed by atoms with van der Waals surface area (Å²) in [5.74, 6) is 2.29. The van der Waals surface area contributed by atoms with Gasteiger partial charge in [-0.3, -0.25) is 4.79 Å². The number of allylic oxidation sites excluding steroid dienone is 2. The summed E-state index contributed by atoms with van der Waals surface area (Å²) in [5.41, 5.74) is 5.67. The zero-order chi connectivity index (χ0) is 29.5. The molecule has 5 nitrogen and oxygen atoms in total. The molecule has 0 aromatic heterocycles. The van der Waals surface area contributed by atoms with Crippen molar-refractivity contribution in [2.45, 2.75) is 70.6 Å². The van der Waals surface area contributed by atoms with Gasteiger partial charge in [0.25, 0.3) is 0 Å². The van der Waals surface area contributed by atoms with Gasteiger partial charge in [-0.1, -0.05) is 49.1 Å². The molecule has 0 N–H and O–H groups in total. The molecule has 0 unspecified atom stereocenters. The average Bonchev–Trinajstić information content (AvgIpc) is 3.01. The molecule has 3 rings (SSSR count). The minimum absolute atomic E-state index is 0.358. The highest BCUT2D eigenvalue weighted by molar-refractivity contribution is 5.81. The fraction of sp³-hybridized carbons (Fsp3) is 0.444. The van der Waals surface area contributed by atoms with E-state index in [4.69, 9.17) is 14.2 Å². The number of ether oxygens (including phenoxy) is 3. The number of carbonyl (C=O) groups excluding carboxylic acids is 2. The van der Waals surface area contributed by atoms with Gasteiger partial charge in [0.1, 0.15) is 11.5 Å². The summed E-state index contributed by atoms with van der Waals surface area (Å²) in [6.45, 7) is 13.4. The third-order valence-electron chi connectivity index (χ3n) is 8.11. The minimum atomic E-state index is -0.358. The topological polar surface area (TPSA) is 61.8 Å². The Balaban J connectivity index is 1.31. The van der Waals surface area contributed by atoms with Gasteiger partial charge in [-0.25, -0.2) is 4.79 Å².